The Balaban J connectivity index is 1.55. The number of methoxy groups -OCH3 is 1. The molecule has 0 spiro atoms. The summed E-state index contributed by atoms with van der Waals surface area (Å²) in [6.45, 7) is 4.38. The number of nitrogens with zero attached hydrogens (tertiary/aromatic N) is 5. The number of halogens is 3. The number of pyridine rings is 2. The smallest absolute Gasteiger partial charge is 0.383 e. The molecular formula is C23H23F3N6O3. The Morgan fingerprint density at radius 3 is 2.71 bits per heavy atom. The van der Waals surface area contributed by atoms with E-state index in [1.165, 1.54) is 19.5 Å². The molecule has 0 fully saturated rings. The van der Waals surface area contributed by atoms with E-state index >= 15 is 0 Å². The molecule has 12 heteroatoms. The highest BCUT2D eigenvalue weighted by Crippen LogP contribution is 2.33. The van der Waals surface area contributed by atoms with E-state index in [1.807, 2.05) is 6.92 Å². The molecule has 0 radical (unpaired) electrons. The van der Waals surface area contributed by atoms with Crippen molar-refractivity contribution in [2.45, 2.75) is 32.6 Å². The van der Waals surface area contributed by atoms with Crippen LogP contribution in [-0.4, -0.2) is 56.7 Å². The maximum Gasteiger partial charge on any atom is 0.419 e. The highest BCUT2D eigenvalue weighted by atomic mass is 19.4. The van der Waals surface area contributed by atoms with Gasteiger partial charge in [0.1, 0.15) is 5.69 Å². The molecule has 0 bridgehead atoms. The fraction of sp³-hybridized carbons (Fsp3) is 0.348. The summed E-state index contributed by atoms with van der Waals surface area (Å²) in [6.07, 6.45) is 0.0605. The summed E-state index contributed by atoms with van der Waals surface area (Å²) in [5.41, 5.74) is 1.54. The van der Waals surface area contributed by atoms with E-state index in [0.717, 1.165) is 17.1 Å². The predicted octanol–water partition coefficient (Wildman–Crippen LogP) is 3.08. The highest BCUT2D eigenvalue weighted by Gasteiger charge is 2.35. The Hall–Kier alpha value is -3.80. The van der Waals surface area contributed by atoms with Crippen LogP contribution in [0.3, 0.4) is 0 Å². The maximum atomic E-state index is 13.1. The number of ether oxygens (including phenoxy) is 1. The average molecular weight is 488 g/mol. The molecule has 1 aliphatic rings. The van der Waals surface area contributed by atoms with E-state index in [-0.39, 0.29) is 29.9 Å². The summed E-state index contributed by atoms with van der Waals surface area (Å²) in [7, 11) is 1.53. The molecule has 1 N–H and O–H groups in total. The molecule has 4 rings (SSSR count). The van der Waals surface area contributed by atoms with Gasteiger partial charge in [-0.15, -0.1) is 0 Å². The zero-order valence-corrected chi connectivity index (χ0v) is 19.3. The van der Waals surface area contributed by atoms with Gasteiger partial charge < -0.3 is 15.0 Å². The van der Waals surface area contributed by atoms with Crippen LogP contribution in [0.5, 0.6) is 0 Å². The summed E-state index contributed by atoms with van der Waals surface area (Å²) >= 11 is 0. The predicted molar refractivity (Wildman–Crippen MR) is 118 cm³/mol. The number of fused-ring (bicyclic) bond motifs is 1. The van der Waals surface area contributed by atoms with Gasteiger partial charge in [0.25, 0.3) is 11.8 Å². The number of rotatable bonds is 7. The van der Waals surface area contributed by atoms with E-state index < -0.39 is 17.8 Å². The minimum atomic E-state index is -4.50. The average Bonchev–Trinajstić information content (AvgIpc) is 3.44. The molecule has 1 unspecified atom stereocenters. The van der Waals surface area contributed by atoms with Crippen LogP contribution in [0, 0.1) is 6.92 Å². The summed E-state index contributed by atoms with van der Waals surface area (Å²) < 4.78 is 44.8. The number of hydrogen-bond acceptors (Lipinski definition) is 6. The number of aryl methyl sites for hydroxylation is 1. The van der Waals surface area contributed by atoms with Gasteiger partial charge in [-0.05, 0) is 37.1 Å². The van der Waals surface area contributed by atoms with Gasteiger partial charge in [0.05, 0.1) is 24.4 Å². The Bertz CT molecular complexity index is 1270. The number of carbonyl (C=O) groups excluding carboxylic acids is 2. The van der Waals surface area contributed by atoms with Gasteiger partial charge in [-0.2, -0.15) is 18.3 Å². The minimum absolute atomic E-state index is 0.186. The molecule has 4 heterocycles. The van der Waals surface area contributed by atoms with Crippen LogP contribution in [0.15, 0.2) is 36.9 Å². The van der Waals surface area contributed by atoms with Crippen molar-refractivity contribution in [3.8, 4) is 5.82 Å². The van der Waals surface area contributed by atoms with Gasteiger partial charge in [0.15, 0.2) is 5.82 Å². The van der Waals surface area contributed by atoms with Gasteiger partial charge in [0, 0.05) is 49.9 Å². The second-order valence-corrected chi connectivity index (χ2v) is 8.12. The van der Waals surface area contributed by atoms with Crippen molar-refractivity contribution in [3.05, 3.63) is 70.4 Å². The summed E-state index contributed by atoms with van der Waals surface area (Å²) in [4.78, 5) is 35.8. The molecule has 0 aliphatic carbocycles. The minimum Gasteiger partial charge on any atom is -0.383 e. The Morgan fingerprint density at radius 1 is 1.29 bits per heavy atom. The third-order valence-electron chi connectivity index (χ3n) is 5.83. The van der Waals surface area contributed by atoms with Crippen LogP contribution >= 0.6 is 0 Å². The third-order valence-corrected chi connectivity index (χ3v) is 5.83. The molecule has 184 valence electrons. The summed E-state index contributed by atoms with van der Waals surface area (Å²) in [6, 6.07) is 2.93. The summed E-state index contributed by atoms with van der Waals surface area (Å²) in [5.74, 6) is -0.378. The van der Waals surface area contributed by atoms with Crippen LogP contribution in [-0.2, 0) is 17.5 Å². The zero-order chi connectivity index (χ0) is 25.3. The first kappa shape index (κ1) is 24.3. The van der Waals surface area contributed by atoms with Crippen LogP contribution in [0.2, 0.25) is 0 Å². The standard InChI is InChI=1S/C23H23F3N6O3/c1-13-8-15(9-29-20(13)32-11-16(10-30-32)23(24,25)26)14(2)31-12-18-17(22(31)34)4-5-27-19(18)21(33)28-6-7-35-3/h4-5,8-11,14H,6-7,12H2,1-3H3,(H,28,33). The maximum absolute atomic E-state index is 13.1. The number of alkyl halides is 3. The Morgan fingerprint density at radius 2 is 2.06 bits per heavy atom. The molecule has 3 aromatic heterocycles. The summed E-state index contributed by atoms with van der Waals surface area (Å²) in [5, 5.41) is 6.49. The van der Waals surface area contributed by atoms with E-state index in [1.54, 1.807) is 24.0 Å². The number of amides is 2. The first-order valence-electron chi connectivity index (χ1n) is 10.8. The fourth-order valence-corrected chi connectivity index (χ4v) is 3.93. The number of hydrogen-bond donors (Lipinski definition) is 1. The van der Waals surface area contributed by atoms with E-state index in [2.05, 4.69) is 20.4 Å². The van der Waals surface area contributed by atoms with Crippen LogP contribution in [0.25, 0.3) is 5.82 Å². The highest BCUT2D eigenvalue weighted by molar-refractivity contribution is 6.03. The van der Waals surface area contributed by atoms with E-state index in [9.17, 15) is 22.8 Å². The van der Waals surface area contributed by atoms with Crippen molar-refractivity contribution in [2.24, 2.45) is 0 Å². The molecule has 0 saturated carbocycles. The lowest BCUT2D eigenvalue weighted by Gasteiger charge is -2.25. The van der Waals surface area contributed by atoms with Crippen LogP contribution < -0.4 is 5.32 Å². The molecule has 3 aromatic rings. The lowest BCUT2D eigenvalue weighted by molar-refractivity contribution is -0.137. The molecule has 2 amide bonds. The van der Waals surface area contributed by atoms with Gasteiger partial charge in [-0.3, -0.25) is 14.6 Å². The second kappa shape index (κ2) is 9.45. The molecular weight excluding hydrogens is 465 g/mol. The normalized spacial score (nSPS) is 14.2. The van der Waals surface area contributed by atoms with E-state index in [0.29, 0.717) is 35.4 Å². The second-order valence-electron chi connectivity index (χ2n) is 8.12. The van der Waals surface area contributed by atoms with Crippen molar-refractivity contribution in [1.82, 2.24) is 30.0 Å². The van der Waals surface area contributed by atoms with Crippen LogP contribution in [0.4, 0.5) is 13.2 Å². The molecule has 1 aliphatic heterocycles. The van der Waals surface area contributed by atoms with Gasteiger partial charge in [0.2, 0.25) is 0 Å². The van der Waals surface area contributed by atoms with Crippen molar-refractivity contribution in [1.29, 1.82) is 0 Å². The lowest BCUT2D eigenvalue weighted by atomic mass is 10.1. The molecule has 35 heavy (non-hydrogen) atoms. The van der Waals surface area contributed by atoms with Gasteiger partial charge in [-0.25, -0.2) is 9.67 Å². The SMILES string of the molecule is COCCNC(=O)c1nccc2c1CN(C(C)c1cnc(-n3cc(C(F)(F)F)cn3)c(C)c1)C2=O. The Labute approximate surface area is 198 Å². The topological polar surface area (TPSA) is 102 Å². The van der Waals surface area contributed by atoms with E-state index in [4.69, 9.17) is 4.74 Å². The third kappa shape index (κ3) is 4.74. The van der Waals surface area contributed by atoms with Crippen LogP contribution in [0.1, 0.15) is 56.1 Å². The molecule has 1 atom stereocenters. The zero-order valence-electron chi connectivity index (χ0n) is 19.3. The molecule has 0 aromatic carbocycles. The Kier molecular flexibility index (Phi) is 6.57. The molecule has 9 nitrogen and oxygen atoms in total. The number of carbonyl (C=O) groups is 2. The first-order valence-corrected chi connectivity index (χ1v) is 10.8. The fourth-order valence-electron chi connectivity index (χ4n) is 3.93. The van der Waals surface area contributed by atoms with Crippen molar-refractivity contribution in [3.63, 3.8) is 0 Å². The van der Waals surface area contributed by atoms with Crippen molar-refractivity contribution in [2.75, 3.05) is 20.3 Å². The van der Waals surface area contributed by atoms with Crippen molar-refractivity contribution < 1.29 is 27.5 Å². The van der Waals surface area contributed by atoms with Crippen molar-refractivity contribution >= 4 is 11.8 Å². The molecule has 0 saturated heterocycles. The van der Waals surface area contributed by atoms with Gasteiger partial charge >= 0.3 is 6.18 Å². The largest absolute Gasteiger partial charge is 0.419 e. The van der Waals surface area contributed by atoms with Gasteiger partial charge in [-0.1, -0.05) is 0 Å². The lowest BCUT2D eigenvalue weighted by Crippen LogP contribution is -2.29. The monoisotopic (exact) mass is 488 g/mol. The quantitative estimate of drug-likeness (QED) is 0.513. The first-order chi connectivity index (χ1) is 16.6. The number of aromatic nitrogens is 4. The number of nitrogens with one attached hydrogen (secondary N) is 1.